The first-order chi connectivity index (χ1) is 7.38. The maximum atomic E-state index is 11.7. The van der Waals surface area contributed by atoms with E-state index in [1.807, 2.05) is 0 Å². The fourth-order valence-corrected chi connectivity index (χ4v) is 2.46. The Kier molecular flexibility index (Phi) is 5.12. The zero-order chi connectivity index (χ0) is 12.2. The molecule has 0 heterocycles. The van der Waals surface area contributed by atoms with E-state index in [0.717, 1.165) is 25.7 Å². The summed E-state index contributed by atoms with van der Waals surface area (Å²) in [6.45, 7) is 6.29. The second kappa shape index (κ2) is 5.92. The van der Waals surface area contributed by atoms with Crippen LogP contribution in [0.15, 0.2) is 0 Å². The van der Waals surface area contributed by atoms with E-state index in [1.165, 1.54) is 0 Å². The fourth-order valence-electron chi connectivity index (χ4n) is 1.81. The number of amides is 1. The van der Waals surface area contributed by atoms with Gasteiger partial charge in [-0.25, -0.2) is 0 Å². The van der Waals surface area contributed by atoms with Crippen molar-refractivity contribution >= 4 is 17.7 Å². The molecule has 1 saturated carbocycles. The lowest BCUT2D eigenvalue weighted by Gasteiger charge is -2.28. The van der Waals surface area contributed by atoms with Crippen LogP contribution in [0.2, 0.25) is 0 Å². The van der Waals surface area contributed by atoms with E-state index >= 15 is 0 Å². The number of rotatable bonds is 3. The Morgan fingerprint density at radius 2 is 2.00 bits per heavy atom. The zero-order valence-electron chi connectivity index (χ0n) is 10.5. The van der Waals surface area contributed by atoms with Gasteiger partial charge in [0.2, 0.25) is 5.91 Å². The quantitative estimate of drug-likeness (QED) is 0.799. The van der Waals surface area contributed by atoms with Gasteiger partial charge in [0.1, 0.15) is 0 Å². The molecule has 2 N–H and O–H groups in total. The molecule has 1 rings (SSSR count). The summed E-state index contributed by atoms with van der Waals surface area (Å²) in [5, 5.41) is 12.7. The summed E-state index contributed by atoms with van der Waals surface area (Å²) in [6, 6.07) is -0.0261. The van der Waals surface area contributed by atoms with Crippen LogP contribution in [0.4, 0.5) is 0 Å². The number of aliphatic hydroxyl groups excluding tert-OH is 1. The Labute approximate surface area is 102 Å². The van der Waals surface area contributed by atoms with Gasteiger partial charge in [0.25, 0.3) is 0 Å². The molecule has 4 heteroatoms. The molecule has 0 aromatic heterocycles. The van der Waals surface area contributed by atoms with Crippen molar-refractivity contribution in [3.8, 4) is 0 Å². The van der Waals surface area contributed by atoms with Gasteiger partial charge in [-0.2, -0.15) is 0 Å². The Morgan fingerprint density at radius 3 is 2.56 bits per heavy atom. The highest BCUT2D eigenvalue weighted by Crippen LogP contribution is 2.23. The van der Waals surface area contributed by atoms with E-state index in [2.05, 4.69) is 26.1 Å². The normalized spacial score (nSPS) is 26.5. The predicted molar refractivity (Wildman–Crippen MR) is 68.6 cm³/mol. The summed E-state index contributed by atoms with van der Waals surface area (Å²) in [5.74, 6) is 0.526. The molecule has 1 aliphatic carbocycles. The van der Waals surface area contributed by atoms with E-state index in [9.17, 15) is 9.90 Å². The number of hydrogen-bond acceptors (Lipinski definition) is 3. The third-order valence-electron chi connectivity index (χ3n) is 2.71. The highest BCUT2D eigenvalue weighted by Gasteiger charge is 2.24. The van der Waals surface area contributed by atoms with Crippen LogP contribution in [0, 0.1) is 0 Å². The van der Waals surface area contributed by atoms with Crippen molar-refractivity contribution in [2.75, 3.05) is 5.75 Å². The van der Waals surface area contributed by atoms with Gasteiger partial charge in [0, 0.05) is 4.75 Å². The Hall–Kier alpha value is -0.220. The monoisotopic (exact) mass is 245 g/mol. The molecular formula is C12H23NO2S. The van der Waals surface area contributed by atoms with Crippen LogP contribution in [0.5, 0.6) is 0 Å². The van der Waals surface area contributed by atoms with E-state index in [0.29, 0.717) is 5.75 Å². The fraction of sp³-hybridized carbons (Fsp3) is 0.917. The van der Waals surface area contributed by atoms with Crippen molar-refractivity contribution in [1.82, 2.24) is 5.32 Å². The van der Waals surface area contributed by atoms with Crippen molar-refractivity contribution < 1.29 is 9.90 Å². The molecule has 94 valence electrons. The molecule has 0 aromatic carbocycles. The highest BCUT2D eigenvalue weighted by atomic mass is 32.2. The van der Waals surface area contributed by atoms with Crippen molar-refractivity contribution in [2.45, 2.75) is 63.3 Å². The number of aliphatic hydroxyl groups is 1. The van der Waals surface area contributed by atoms with E-state index in [-0.39, 0.29) is 22.8 Å². The summed E-state index contributed by atoms with van der Waals surface area (Å²) in [4.78, 5) is 11.7. The molecule has 2 atom stereocenters. The number of hydrogen-bond donors (Lipinski definition) is 2. The first kappa shape index (κ1) is 13.8. The Bertz CT molecular complexity index is 238. The number of carbonyl (C=O) groups is 1. The molecule has 0 unspecified atom stereocenters. The van der Waals surface area contributed by atoms with E-state index < -0.39 is 0 Å². The first-order valence-electron chi connectivity index (χ1n) is 6.00. The predicted octanol–water partition coefficient (Wildman–Crippen LogP) is 1.94. The summed E-state index contributed by atoms with van der Waals surface area (Å²) in [6.07, 6.45) is 3.56. The second-order valence-corrected chi connectivity index (χ2v) is 7.23. The van der Waals surface area contributed by atoms with E-state index in [4.69, 9.17) is 0 Å². The van der Waals surface area contributed by atoms with Gasteiger partial charge >= 0.3 is 0 Å². The van der Waals surface area contributed by atoms with Crippen LogP contribution in [0.1, 0.15) is 46.5 Å². The molecule has 1 aliphatic rings. The molecule has 16 heavy (non-hydrogen) atoms. The van der Waals surface area contributed by atoms with Crippen LogP contribution in [-0.2, 0) is 4.79 Å². The lowest BCUT2D eigenvalue weighted by Crippen LogP contribution is -2.45. The number of nitrogens with one attached hydrogen (secondary N) is 1. The standard InChI is InChI=1S/C12H23NO2S/c1-12(2,3)16-8-11(15)13-9-6-4-5-7-10(9)14/h9-10,14H,4-8H2,1-3H3,(H,13,15)/t9-,10-/m1/s1. The lowest BCUT2D eigenvalue weighted by atomic mass is 9.93. The zero-order valence-corrected chi connectivity index (χ0v) is 11.3. The molecule has 1 fully saturated rings. The third kappa shape index (κ3) is 5.21. The summed E-state index contributed by atoms with van der Waals surface area (Å²) < 4.78 is 0.114. The SMILES string of the molecule is CC(C)(C)SCC(=O)N[C@@H]1CCCC[C@H]1O. The van der Waals surface area contributed by atoms with Gasteiger partial charge in [-0.15, -0.1) is 11.8 Å². The number of carbonyl (C=O) groups excluding carboxylic acids is 1. The van der Waals surface area contributed by atoms with Gasteiger partial charge in [-0.1, -0.05) is 33.6 Å². The molecule has 0 saturated heterocycles. The van der Waals surface area contributed by atoms with Crippen molar-refractivity contribution in [3.63, 3.8) is 0 Å². The van der Waals surface area contributed by atoms with Crippen LogP contribution in [0.25, 0.3) is 0 Å². The topological polar surface area (TPSA) is 49.3 Å². The van der Waals surface area contributed by atoms with Crippen LogP contribution in [0.3, 0.4) is 0 Å². The molecule has 0 radical (unpaired) electrons. The summed E-state index contributed by atoms with van der Waals surface area (Å²) in [7, 11) is 0. The molecule has 3 nitrogen and oxygen atoms in total. The largest absolute Gasteiger partial charge is 0.391 e. The van der Waals surface area contributed by atoms with Crippen molar-refractivity contribution in [2.24, 2.45) is 0 Å². The molecule has 0 aliphatic heterocycles. The smallest absolute Gasteiger partial charge is 0.230 e. The molecule has 0 bridgehead atoms. The maximum absolute atomic E-state index is 11.7. The summed E-state index contributed by atoms with van der Waals surface area (Å²) >= 11 is 1.64. The van der Waals surface area contributed by atoms with Crippen molar-refractivity contribution in [3.05, 3.63) is 0 Å². The molecule has 0 aromatic rings. The first-order valence-corrected chi connectivity index (χ1v) is 6.98. The minimum Gasteiger partial charge on any atom is -0.391 e. The molecular weight excluding hydrogens is 222 g/mol. The van der Waals surface area contributed by atoms with Crippen LogP contribution >= 0.6 is 11.8 Å². The van der Waals surface area contributed by atoms with Crippen LogP contribution < -0.4 is 5.32 Å². The van der Waals surface area contributed by atoms with E-state index in [1.54, 1.807) is 11.8 Å². The number of thioether (sulfide) groups is 1. The van der Waals surface area contributed by atoms with Gasteiger partial charge in [-0.3, -0.25) is 4.79 Å². The summed E-state index contributed by atoms with van der Waals surface area (Å²) in [5.41, 5.74) is 0. The maximum Gasteiger partial charge on any atom is 0.230 e. The molecule has 0 spiro atoms. The van der Waals surface area contributed by atoms with Crippen LogP contribution in [-0.4, -0.2) is 33.7 Å². The third-order valence-corrected chi connectivity index (χ3v) is 3.98. The average molecular weight is 245 g/mol. The lowest BCUT2D eigenvalue weighted by molar-refractivity contribution is -0.120. The highest BCUT2D eigenvalue weighted by molar-refractivity contribution is 8.01. The van der Waals surface area contributed by atoms with Gasteiger partial charge in [-0.05, 0) is 12.8 Å². The molecule has 1 amide bonds. The Balaban J connectivity index is 2.28. The van der Waals surface area contributed by atoms with Gasteiger partial charge in [0.05, 0.1) is 17.9 Å². The van der Waals surface area contributed by atoms with Gasteiger partial charge in [0.15, 0.2) is 0 Å². The average Bonchev–Trinajstić information content (AvgIpc) is 2.18. The Morgan fingerprint density at radius 1 is 1.38 bits per heavy atom. The second-order valence-electron chi connectivity index (χ2n) is 5.43. The minimum atomic E-state index is -0.350. The minimum absolute atomic E-state index is 0.0261. The van der Waals surface area contributed by atoms with Crippen molar-refractivity contribution in [1.29, 1.82) is 0 Å². The van der Waals surface area contributed by atoms with Gasteiger partial charge < -0.3 is 10.4 Å².